The lowest BCUT2D eigenvalue weighted by molar-refractivity contribution is -0.147. The molecule has 1 fully saturated rings. The van der Waals surface area contributed by atoms with Gasteiger partial charge in [-0.1, -0.05) is 5.16 Å². The minimum absolute atomic E-state index is 0.248. The van der Waals surface area contributed by atoms with Crippen molar-refractivity contribution in [3.8, 4) is 0 Å². The van der Waals surface area contributed by atoms with Gasteiger partial charge in [0.2, 0.25) is 0 Å². The van der Waals surface area contributed by atoms with Crippen LogP contribution in [0.25, 0.3) is 0 Å². The van der Waals surface area contributed by atoms with E-state index in [1.807, 2.05) is 0 Å². The van der Waals surface area contributed by atoms with Gasteiger partial charge in [0, 0.05) is 6.42 Å². The normalized spacial score (nSPS) is 25.9. The van der Waals surface area contributed by atoms with E-state index in [1.54, 1.807) is 6.92 Å². The number of hydrogen-bond donors (Lipinski definition) is 1. The first-order valence-electron chi connectivity index (χ1n) is 4.24. The summed E-state index contributed by atoms with van der Waals surface area (Å²) in [5.41, 5.74) is 0.449. The fourth-order valence-corrected chi connectivity index (χ4v) is 1.21. The molecule has 0 aromatic carbocycles. The van der Waals surface area contributed by atoms with Crippen molar-refractivity contribution >= 4 is 11.7 Å². The van der Waals surface area contributed by atoms with Crippen LogP contribution < -0.4 is 0 Å². The smallest absolute Gasteiger partial charge is 0.317 e. The molecular weight excluding hydrogens is 174 g/mol. The standard InChI is InChI=1S/C8H13NO4/c1-2-13-8(10)6-5-12-4-3-7(6)9-11/h6,11H,2-5H2,1H3. The third-order valence-electron chi connectivity index (χ3n) is 1.89. The number of esters is 1. The second-order valence-electron chi connectivity index (χ2n) is 2.72. The molecule has 5 heteroatoms. The van der Waals surface area contributed by atoms with E-state index in [2.05, 4.69) is 5.16 Å². The van der Waals surface area contributed by atoms with Crippen LogP contribution in [0.4, 0.5) is 0 Å². The Morgan fingerprint density at radius 1 is 1.85 bits per heavy atom. The van der Waals surface area contributed by atoms with Gasteiger partial charge >= 0.3 is 5.97 Å². The van der Waals surface area contributed by atoms with Crippen LogP contribution in [0.1, 0.15) is 13.3 Å². The maximum atomic E-state index is 11.3. The number of nitrogens with zero attached hydrogens (tertiary/aromatic N) is 1. The average Bonchev–Trinajstić information content (AvgIpc) is 2.18. The summed E-state index contributed by atoms with van der Waals surface area (Å²) in [5, 5.41) is 11.7. The number of carbonyl (C=O) groups excluding carboxylic acids is 1. The fourth-order valence-electron chi connectivity index (χ4n) is 1.21. The van der Waals surface area contributed by atoms with Crippen molar-refractivity contribution in [2.75, 3.05) is 19.8 Å². The summed E-state index contributed by atoms with van der Waals surface area (Å²) in [6, 6.07) is 0. The lowest BCUT2D eigenvalue weighted by atomic mass is 10.00. The quantitative estimate of drug-likeness (QED) is 0.386. The zero-order valence-corrected chi connectivity index (χ0v) is 7.52. The third-order valence-corrected chi connectivity index (χ3v) is 1.89. The monoisotopic (exact) mass is 187 g/mol. The Balaban J connectivity index is 2.59. The molecule has 1 aliphatic rings. The molecule has 1 unspecified atom stereocenters. The van der Waals surface area contributed by atoms with Crippen molar-refractivity contribution < 1.29 is 19.5 Å². The molecule has 0 aliphatic carbocycles. The van der Waals surface area contributed by atoms with Crippen molar-refractivity contribution in [2.45, 2.75) is 13.3 Å². The zero-order valence-electron chi connectivity index (χ0n) is 7.52. The molecule has 0 bridgehead atoms. The largest absolute Gasteiger partial charge is 0.465 e. The average molecular weight is 187 g/mol. The molecule has 0 spiro atoms. The molecule has 0 radical (unpaired) electrons. The van der Waals surface area contributed by atoms with Crippen LogP contribution in [0.5, 0.6) is 0 Å². The molecule has 1 aliphatic heterocycles. The van der Waals surface area contributed by atoms with Gasteiger partial charge in [-0.05, 0) is 6.92 Å². The van der Waals surface area contributed by atoms with Gasteiger partial charge in [-0.15, -0.1) is 0 Å². The highest BCUT2D eigenvalue weighted by atomic mass is 16.5. The Morgan fingerprint density at radius 2 is 2.62 bits per heavy atom. The van der Waals surface area contributed by atoms with Crippen LogP contribution >= 0.6 is 0 Å². The van der Waals surface area contributed by atoms with Gasteiger partial charge in [0.05, 0.1) is 25.5 Å². The van der Waals surface area contributed by atoms with Crippen molar-refractivity contribution in [1.82, 2.24) is 0 Å². The summed E-state index contributed by atoms with van der Waals surface area (Å²) < 4.78 is 9.89. The van der Waals surface area contributed by atoms with E-state index >= 15 is 0 Å². The number of rotatable bonds is 2. The van der Waals surface area contributed by atoms with Gasteiger partial charge in [0.15, 0.2) is 0 Å². The number of hydrogen-bond acceptors (Lipinski definition) is 5. The summed E-state index contributed by atoms with van der Waals surface area (Å²) in [7, 11) is 0. The van der Waals surface area contributed by atoms with Crippen LogP contribution in [-0.4, -0.2) is 36.7 Å². The molecule has 0 aromatic rings. The van der Waals surface area contributed by atoms with Gasteiger partial charge in [-0.25, -0.2) is 0 Å². The van der Waals surface area contributed by atoms with Crippen LogP contribution in [0.15, 0.2) is 5.16 Å². The van der Waals surface area contributed by atoms with Crippen LogP contribution in [0.3, 0.4) is 0 Å². The van der Waals surface area contributed by atoms with Crippen LogP contribution in [0, 0.1) is 5.92 Å². The van der Waals surface area contributed by atoms with Crippen LogP contribution in [-0.2, 0) is 14.3 Å². The summed E-state index contributed by atoms with van der Waals surface area (Å²) in [6.45, 7) is 2.80. The molecule has 1 heterocycles. The molecule has 5 nitrogen and oxygen atoms in total. The van der Waals surface area contributed by atoms with Crippen LogP contribution in [0.2, 0.25) is 0 Å². The third kappa shape index (κ3) is 2.42. The second kappa shape index (κ2) is 4.81. The van der Waals surface area contributed by atoms with Gasteiger partial charge in [-0.2, -0.15) is 0 Å². The molecule has 0 amide bonds. The van der Waals surface area contributed by atoms with Crippen molar-refractivity contribution in [2.24, 2.45) is 11.1 Å². The molecule has 0 saturated carbocycles. The Labute approximate surface area is 76.3 Å². The maximum absolute atomic E-state index is 11.3. The number of oxime groups is 1. The van der Waals surface area contributed by atoms with Gasteiger partial charge in [0.25, 0.3) is 0 Å². The Morgan fingerprint density at radius 3 is 3.23 bits per heavy atom. The Kier molecular flexibility index (Phi) is 3.70. The Bertz CT molecular complexity index is 214. The van der Waals surface area contributed by atoms with E-state index in [0.717, 1.165) is 0 Å². The molecular formula is C8H13NO4. The second-order valence-corrected chi connectivity index (χ2v) is 2.72. The molecule has 1 N–H and O–H groups in total. The van der Waals surface area contributed by atoms with Crippen molar-refractivity contribution in [1.29, 1.82) is 0 Å². The van der Waals surface area contributed by atoms with E-state index < -0.39 is 5.92 Å². The minimum atomic E-state index is -0.529. The van der Waals surface area contributed by atoms with E-state index in [0.29, 0.717) is 25.3 Å². The van der Waals surface area contributed by atoms with E-state index in [4.69, 9.17) is 14.7 Å². The zero-order chi connectivity index (χ0) is 9.68. The summed E-state index contributed by atoms with van der Waals surface area (Å²) in [4.78, 5) is 11.3. The topological polar surface area (TPSA) is 68.1 Å². The van der Waals surface area contributed by atoms with Gasteiger partial charge in [0.1, 0.15) is 5.92 Å². The number of carbonyl (C=O) groups is 1. The first-order valence-corrected chi connectivity index (χ1v) is 4.24. The highest BCUT2D eigenvalue weighted by Crippen LogP contribution is 2.12. The molecule has 1 atom stereocenters. The lowest BCUT2D eigenvalue weighted by Crippen LogP contribution is -2.35. The first-order chi connectivity index (χ1) is 6.29. The number of ether oxygens (including phenoxy) is 2. The van der Waals surface area contributed by atoms with E-state index in [1.165, 1.54) is 0 Å². The van der Waals surface area contributed by atoms with E-state index in [9.17, 15) is 4.79 Å². The summed E-state index contributed by atoms with van der Waals surface area (Å²) in [5.74, 6) is -0.909. The van der Waals surface area contributed by atoms with Gasteiger partial charge < -0.3 is 14.7 Å². The van der Waals surface area contributed by atoms with Crippen molar-refractivity contribution in [3.63, 3.8) is 0 Å². The molecule has 1 rings (SSSR count). The highest BCUT2D eigenvalue weighted by molar-refractivity contribution is 6.02. The highest BCUT2D eigenvalue weighted by Gasteiger charge is 2.29. The maximum Gasteiger partial charge on any atom is 0.317 e. The predicted molar refractivity (Wildman–Crippen MR) is 44.8 cm³/mol. The first kappa shape index (κ1) is 9.98. The molecule has 0 aromatic heterocycles. The fraction of sp³-hybridized carbons (Fsp3) is 0.750. The van der Waals surface area contributed by atoms with E-state index in [-0.39, 0.29) is 12.6 Å². The van der Waals surface area contributed by atoms with Gasteiger partial charge in [-0.3, -0.25) is 4.79 Å². The van der Waals surface area contributed by atoms with Crippen molar-refractivity contribution in [3.05, 3.63) is 0 Å². The Hall–Kier alpha value is -1.10. The SMILES string of the molecule is CCOC(=O)C1COCCC1=NO. The molecule has 13 heavy (non-hydrogen) atoms. The summed E-state index contributed by atoms with van der Waals surface area (Å²) in [6.07, 6.45) is 0.486. The lowest BCUT2D eigenvalue weighted by Gasteiger charge is -2.21. The molecule has 1 saturated heterocycles. The summed E-state index contributed by atoms with van der Waals surface area (Å²) >= 11 is 0. The molecule has 74 valence electrons. The minimum Gasteiger partial charge on any atom is -0.465 e. The predicted octanol–water partition coefficient (Wildman–Crippen LogP) is 0.416.